The average molecular weight is 529 g/mol. The minimum absolute atomic E-state index is 0.00206. The van der Waals surface area contributed by atoms with Gasteiger partial charge in [0.05, 0.1) is 24.5 Å². The van der Waals surface area contributed by atoms with Crippen molar-refractivity contribution in [1.82, 2.24) is 9.97 Å². The van der Waals surface area contributed by atoms with Gasteiger partial charge in [-0.3, -0.25) is 4.79 Å². The number of ether oxygens (including phenoxy) is 2. The van der Waals surface area contributed by atoms with Crippen molar-refractivity contribution in [3.05, 3.63) is 82.8 Å². The van der Waals surface area contributed by atoms with Gasteiger partial charge in [-0.05, 0) is 41.5 Å². The molecule has 0 spiro atoms. The van der Waals surface area contributed by atoms with Crippen LogP contribution in [0.15, 0.2) is 54.6 Å². The lowest BCUT2D eigenvalue weighted by atomic mass is 9.99. The summed E-state index contributed by atoms with van der Waals surface area (Å²) in [6, 6.07) is 16.1. The van der Waals surface area contributed by atoms with E-state index in [1.807, 2.05) is 42.2 Å². The molecule has 0 bridgehead atoms. The van der Waals surface area contributed by atoms with Crippen molar-refractivity contribution in [2.75, 3.05) is 36.1 Å². The van der Waals surface area contributed by atoms with E-state index in [-0.39, 0.29) is 36.6 Å². The Hall–Kier alpha value is -4.24. The van der Waals surface area contributed by atoms with E-state index in [9.17, 15) is 14.3 Å². The minimum Gasteiger partial charge on any atom is -0.508 e. The fraction of sp³-hybridized carbons (Fsp3) is 0.300. The number of anilines is 2. The largest absolute Gasteiger partial charge is 0.508 e. The van der Waals surface area contributed by atoms with Crippen molar-refractivity contribution in [2.45, 2.75) is 32.9 Å². The summed E-state index contributed by atoms with van der Waals surface area (Å²) in [4.78, 5) is 27.0. The first-order valence-electron chi connectivity index (χ1n) is 13.2. The monoisotopic (exact) mass is 528 g/mol. The highest BCUT2D eigenvalue weighted by Gasteiger charge is 2.37. The maximum Gasteiger partial charge on any atom is 0.319 e. The lowest BCUT2D eigenvalue weighted by Crippen LogP contribution is -2.30. The minimum atomic E-state index is -0.345. The highest BCUT2D eigenvalue weighted by molar-refractivity contribution is 6.16. The van der Waals surface area contributed by atoms with E-state index >= 15 is 0 Å². The Morgan fingerprint density at radius 2 is 1.92 bits per heavy atom. The van der Waals surface area contributed by atoms with Gasteiger partial charge in [0.1, 0.15) is 29.6 Å². The van der Waals surface area contributed by atoms with Crippen LogP contribution in [0.1, 0.15) is 40.5 Å². The summed E-state index contributed by atoms with van der Waals surface area (Å²) in [7, 11) is 0. The SMILES string of the molecule is CCc1c(F)ccc2cc(O)cc(N3Cc4nc(OCc5ccccc5)nc(N5CCCOCC5)c4C3=O)c12. The van der Waals surface area contributed by atoms with Crippen LogP contribution in [0.2, 0.25) is 0 Å². The molecule has 8 nitrogen and oxygen atoms in total. The fourth-order valence-electron chi connectivity index (χ4n) is 5.36. The van der Waals surface area contributed by atoms with Crippen LogP contribution in [-0.4, -0.2) is 47.3 Å². The molecule has 1 saturated heterocycles. The van der Waals surface area contributed by atoms with Crippen LogP contribution in [0, 0.1) is 5.82 Å². The van der Waals surface area contributed by atoms with Gasteiger partial charge in [-0.25, -0.2) is 4.39 Å². The smallest absolute Gasteiger partial charge is 0.319 e. The summed E-state index contributed by atoms with van der Waals surface area (Å²) in [5, 5.41) is 11.8. The van der Waals surface area contributed by atoms with E-state index in [0.717, 1.165) is 12.0 Å². The van der Waals surface area contributed by atoms with E-state index < -0.39 is 0 Å². The van der Waals surface area contributed by atoms with Crippen LogP contribution in [0.4, 0.5) is 15.9 Å². The van der Waals surface area contributed by atoms with Crippen molar-refractivity contribution >= 4 is 28.2 Å². The van der Waals surface area contributed by atoms with Crippen molar-refractivity contribution < 1.29 is 23.8 Å². The zero-order chi connectivity index (χ0) is 26.9. The van der Waals surface area contributed by atoms with Gasteiger partial charge in [0.25, 0.3) is 5.91 Å². The first-order valence-corrected chi connectivity index (χ1v) is 13.2. The summed E-state index contributed by atoms with van der Waals surface area (Å²) in [5.74, 6) is -0.133. The molecule has 0 atom stereocenters. The van der Waals surface area contributed by atoms with Crippen molar-refractivity contribution in [3.63, 3.8) is 0 Å². The molecule has 0 radical (unpaired) electrons. The molecule has 0 unspecified atom stereocenters. The first-order chi connectivity index (χ1) is 19.0. The number of carbonyl (C=O) groups is 1. The zero-order valence-corrected chi connectivity index (χ0v) is 21.7. The van der Waals surface area contributed by atoms with Gasteiger partial charge < -0.3 is 24.4 Å². The maximum absolute atomic E-state index is 14.8. The number of amides is 1. The molecule has 1 fully saturated rings. The Labute approximate surface area is 225 Å². The van der Waals surface area contributed by atoms with Crippen LogP contribution >= 0.6 is 0 Å². The highest BCUT2D eigenvalue weighted by Crippen LogP contribution is 2.41. The Morgan fingerprint density at radius 1 is 1.08 bits per heavy atom. The average Bonchev–Trinajstić information content (AvgIpc) is 3.10. The third-order valence-corrected chi connectivity index (χ3v) is 7.22. The van der Waals surface area contributed by atoms with E-state index in [1.54, 1.807) is 17.0 Å². The number of carbonyl (C=O) groups excluding carboxylic acids is 1. The molecule has 2 aliphatic heterocycles. The molecule has 1 amide bonds. The van der Waals surface area contributed by atoms with Gasteiger partial charge in [0, 0.05) is 31.1 Å². The third kappa shape index (κ3) is 4.74. The zero-order valence-electron chi connectivity index (χ0n) is 21.7. The molecule has 200 valence electrons. The molecular weight excluding hydrogens is 499 g/mol. The van der Waals surface area contributed by atoms with Gasteiger partial charge in [-0.2, -0.15) is 9.97 Å². The molecule has 0 aliphatic carbocycles. The molecule has 4 aromatic rings. The summed E-state index contributed by atoms with van der Waals surface area (Å²) in [6.45, 7) is 4.72. The van der Waals surface area contributed by atoms with Crippen molar-refractivity contribution in [3.8, 4) is 11.8 Å². The summed E-state index contributed by atoms with van der Waals surface area (Å²) < 4.78 is 26.5. The number of benzene rings is 3. The molecule has 3 heterocycles. The molecule has 1 aromatic heterocycles. The Morgan fingerprint density at radius 3 is 2.74 bits per heavy atom. The normalized spacial score (nSPS) is 15.5. The van der Waals surface area contributed by atoms with Crippen LogP contribution in [-0.2, 0) is 24.3 Å². The summed E-state index contributed by atoms with van der Waals surface area (Å²) >= 11 is 0. The van der Waals surface area contributed by atoms with Gasteiger partial charge in [0.15, 0.2) is 0 Å². The van der Waals surface area contributed by atoms with Crippen LogP contribution in [0.5, 0.6) is 11.8 Å². The topological polar surface area (TPSA) is 88.0 Å². The lowest BCUT2D eigenvalue weighted by molar-refractivity contribution is 0.0997. The van der Waals surface area contributed by atoms with Gasteiger partial charge in [-0.1, -0.05) is 43.3 Å². The number of hydrogen-bond acceptors (Lipinski definition) is 7. The predicted octanol–water partition coefficient (Wildman–Crippen LogP) is 5.00. The Kier molecular flexibility index (Phi) is 6.74. The number of nitrogens with zero attached hydrogens (tertiary/aromatic N) is 4. The molecule has 2 aliphatic rings. The van der Waals surface area contributed by atoms with Gasteiger partial charge in [0.2, 0.25) is 0 Å². The Balaban J connectivity index is 1.44. The second kappa shape index (κ2) is 10.5. The maximum atomic E-state index is 14.8. The standard InChI is InChI=1S/C30H29FN4O4/c1-2-22-23(31)10-9-20-15-21(36)16-25(26(20)22)35-17-24-27(29(35)37)28(34-11-6-13-38-14-12-34)33-30(32-24)39-18-19-7-4-3-5-8-19/h3-5,7-10,15-16,36H,2,6,11-14,17-18H2,1H3. The second-order valence-corrected chi connectivity index (χ2v) is 9.71. The fourth-order valence-corrected chi connectivity index (χ4v) is 5.36. The number of phenols is 1. The molecule has 39 heavy (non-hydrogen) atoms. The highest BCUT2D eigenvalue weighted by atomic mass is 19.1. The second-order valence-electron chi connectivity index (χ2n) is 9.71. The Bertz CT molecular complexity index is 1540. The molecule has 1 N–H and O–H groups in total. The van der Waals surface area contributed by atoms with E-state index in [4.69, 9.17) is 14.5 Å². The van der Waals surface area contributed by atoms with Crippen molar-refractivity contribution in [2.24, 2.45) is 0 Å². The van der Waals surface area contributed by atoms with Crippen LogP contribution in [0.25, 0.3) is 10.8 Å². The first kappa shape index (κ1) is 25.1. The van der Waals surface area contributed by atoms with Crippen LogP contribution < -0.4 is 14.5 Å². The van der Waals surface area contributed by atoms with Gasteiger partial charge in [-0.15, -0.1) is 0 Å². The molecule has 3 aromatic carbocycles. The van der Waals surface area contributed by atoms with Crippen LogP contribution in [0.3, 0.4) is 0 Å². The predicted molar refractivity (Wildman–Crippen MR) is 146 cm³/mol. The number of phenolic OH excluding ortho intramolecular Hbond substituents is 1. The number of aryl methyl sites for hydroxylation is 1. The number of hydrogen-bond donors (Lipinski definition) is 1. The number of rotatable bonds is 6. The lowest BCUT2D eigenvalue weighted by Gasteiger charge is -2.23. The molecule has 9 heteroatoms. The number of fused-ring (bicyclic) bond motifs is 2. The molecule has 0 saturated carbocycles. The van der Waals surface area contributed by atoms with E-state index in [1.165, 1.54) is 12.1 Å². The molecular formula is C30H29FN4O4. The number of halogens is 1. The van der Waals surface area contributed by atoms with E-state index in [0.29, 0.717) is 71.8 Å². The van der Waals surface area contributed by atoms with Gasteiger partial charge >= 0.3 is 6.01 Å². The quantitative estimate of drug-likeness (QED) is 0.377. The van der Waals surface area contributed by atoms with E-state index in [2.05, 4.69) is 4.98 Å². The summed E-state index contributed by atoms with van der Waals surface area (Å²) in [6.07, 6.45) is 1.24. The third-order valence-electron chi connectivity index (χ3n) is 7.22. The van der Waals surface area contributed by atoms with Crippen molar-refractivity contribution in [1.29, 1.82) is 0 Å². The number of aromatic hydroxyl groups is 1. The number of aromatic nitrogens is 2. The summed E-state index contributed by atoms with van der Waals surface area (Å²) in [5.41, 5.74) is 2.85. The molecule has 6 rings (SSSR count).